The van der Waals surface area contributed by atoms with E-state index in [1.807, 2.05) is 0 Å². The number of aliphatic hydroxyl groups is 1. The lowest BCUT2D eigenvalue weighted by Gasteiger charge is -2.34. The third-order valence-electron chi connectivity index (χ3n) is 4.63. The summed E-state index contributed by atoms with van der Waals surface area (Å²) in [4.78, 5) is 23.1. The Morgan fingerprint density at radius 1 is 1.18 bits per heavy atom. The van der Waals surface area contributed by atoms with E-state index in [2.05, 4.69) is 19.7 Å². The number of aliphatic hydroxyl groups excluding tert-OH is 1. The van der Waals surface area contributed by atoms with Crippen LogP contribution in [0.3, 0.4) is 0 Å². The number of anilines is 1. The molecule has 0 bridgehead atoms. The van der Waals surface area contributed by atoms with Gasteiger partial charge in [-0.3, -0.25) is 0 Å². The first kappa shape index (κ1) is 24.0. The van der Waals surface area contributed by atoms with Crippen LogP contribution >= 0.6 is 0 Å². The van der Waals surface area contributed by atoms with Crippen molar-refractivity contribution in [3.8, 4) is 22.7 Å². The molecule has 0 saturated heterocycles. The number of oxazole rings is 1. The van der Waals surface area contributed by atoms with E-state index in [9.17, 15) is 36.2 Å². The minimum atomic E-state index is -5.73. The monoisotopic (exact) mass is 476 g/mol. The molecule has 1 aromatic carbocycles. The van der Waals surface area contributed by atoms with Crippen LogP contribution in [0.4, 0.5) is 32.2 Å². The largest absolute Gasteiger partial charge is 0.490 e. The maximum atomic E-state index is 13.9. The second-order valence-corrected chi connectivity index (χ2v) is 6.75. The number of esters is 1. The van der Waals surface area contributed by atoms with Crippen molar-refractivity contribution in [2.75, 3.05) is 12.3 Å². The van der Waals surface area contributed by atoms with Crippen LogP contribution in [0.15, 0.2) is 41.4 Å². The van der Waals surface area contributed by atoms with E-state index in [1.54, 1.807) is 0 Å². The minimum Gasteiger partial charge on any atom is -0.442 e. The van der Waals surface area contributed by atoms with Crippen LogP contribution in [-0.2, 0) is 15.1 Å². The van der Waals surface area contributed by atoms with Crippen molar-refractivity contribution < 1.29 is 45.4 Å². The van der Waals surface area contributed by atoms with Crippen molar-refractivity contribution in [3.05, 3.63) is 48.1 Å². The predicted octanol–water partition coefficient (Wildman–Crippen LogP) is 3.54. The SMILES string of the molecule is Cc1ccc(C(CO)(OC(=O)C(F)(F)F)C(F)(F)F)cc1-c1cnc(N)c(-c2cnco2)n1. The van der Waals surface area contributed by atoms with Crippen LogP contribution in [-0.4, -0.2) is 45.0 Å². The Balaban J connectivity index is 2.18. The van der Waals surface area contributed by atoms with Crippen molar-refractivity contribution >= 4 is 11.8 Å². The number of hydrogen-bond acceptors (Lipinski definition) is 8. The van der Waals surface area contributed by atoms with Gasteiger partial charge in [0.15, 0.2) is 23.7 Å². The fraction of sp³-hybridized carbons (Fsp3) is 0.263. The molecule has 3 N–H and O–H groups in total. The number of ether oxygens (including phenoxy) is 1. The summed E-state index contributed by atoms with van der Waals surface area (Å²) in [5.41, 5.74) is 1.14. The van der Waals surface area contributed by atoms with E-state index in [4.69, 9.17) is 10.2 Å². The Kier molecular flexibility index (Phi) is 6.06. The van der Waals surface area contributed by atoms with Crippen molar-refractivity contribution in [2.45, 2.75) is 24.9 Å². The average molecular weight is 476 g/mol. The minimum absolute atomic E-state index is 0.00843. The zero-order valence-corrected chi connectivity index (χ0v) is 16.5. The highest BCUT2D eigenvalue weighted by molar-refractivity contribution is 5.77. The number of carbonyl (C=O) groups excluding carboxylic acids is 1. The summed E-state index contributed by atoms with van der Waals surface area (Å²) in [6.07, 6.45) is -7.86. The second kappa shape index (κ2) is 8.35. The molecule has 33 heavy (non-hydrogen) atoms. The molecular formula is C19H14F6N4O4. The standard InChI is InChI=1S/C19H14F6N4O4/c1-9-2-3-10(17(7-30,19(23,24)25)33-16(31)18(20,21)22)4-11(9)12-5-28-15(26)14(29-12)13-6-27-8-32-13/h2-6,8,30H,7H2,1H3,(H2,26,28). The van der Waals surface area contributed by atoms with Crippen molar-refractivity contribution in [2.24, 2.45) is 0 Å². The van der Waals surface area contributed by atoms with Gasteiger partial charge in [-0.1, -0.05) is 12.1 Å². The topological polar surface area (TPSA) is 124 Å². The molecule has 0 aliphatic rings. The molecule has 0 aliphatic carbocycles. The number of rotatable bonds is 5. The molecule has 1 atom stereocenters. The number of benzene rings is 1. The molecule has 2 heterocycles. The predicted molar refractivity (Wildman–Crippen MR) is 99.1 cm³/mol. The number of nitrogens with two attached hydrogens (primary N) is 1. The van der Waals surface area contributed by atoms with Gasteiger partial charge < -0.3 is 20.0 Å². The molecule has 14 heteroatoms. The quantitative estimate of drug-likeness (QED) is 0.423. The summed E-state index contributed by atoms with van der Waals surface area (Å²) in [5.74, 6) is -3.09. The van der Waals surface area contributed by atoms with Gasteiger partial charge in [-0.25, -0.2) is 19.7 Å². The number of aromatic nitrogens is 3. The van der Waals surface area contributed by atoms with Gasteiger partial charge in [-0.15, -0.1) is 0 Å². The van der Waals surface area contributed by atoms with Crippen LogP contribution in [0.25, 0.3) is 22.7 Å². The Hall–Kier alpha value is -3.68. The summed E-state index contributed by atoms with van der Waals surface area (Å²) < 4.78 is 88.6. The number of nitrogens with zero attached hydrogens (tertiary/aromatic N) is 3. The van der Waals surface area contributed by atoms with Crippen LogP contribution in [0, 0.1) is 6.92 Å². The number of nitrogen functional groups attached to an aromatic ring is 1. The van der Waals surface area contributed by atoms with Crippen molar-refractivity contribution in [1.29, 1.82) is 0 Å². The number of aryl methyl sites for hydroxylation is 1. The third-order valence-corrected chi connectivity index (χ3v) is 4.63. The summed E-state index contributed by atoms with van der Waals surface area (Å²) in [6.45, 7) is -0.515. The molecule has 0 amide bonds. The molecule has 0 saturated carbocycles. The Labute approximate surface area is 181 Å². The highest BCUT2D eigenvalue weighted by Crippen LogP contribution is 2.44. The molecule has 0 fully saturated rings. The van der Waals surface area contributed by atoms with Gasteiger partial charge >= 0.3 is 18.3 Å². The van der Waals surface area contributed by atoms with E-state index in [0.717, 1.165) is 30.8 Å². The maximum Gasteiger partial charge on any atom is 0.490 e. The lowest BCUT2D eigenvalue weighted by molar-refractivity contribution is -0.299. The highest BCUT2D eigenvalue weighted by Gasteiger charge is 2.62. The zero-order chi connectivity index (χ0) is 24.6. The first-order valence-corrected chi connectivity index (χ1v) is 8.91. The molecule has 0 aliphatic heterocycles. The number of halogens is 6. The van der Waals surface area contributed by atoms with E-state index >= 15 is 0 Å². The number of hydrogen-bond donors (Lipinski definition) is 2. The Morgan fingerprint density at radius 3 is 2.42 bits per heavy atom. The third kappa shape index (κ3) is 4.46. The van der Waals surface area contributed by atoms with Gasteiger partial charge in [0, 0.05) is 11.1 Å². The maximum absolute atomic E-state index is 13.9. The number of alkyl halides is 6. The lowest BCUT2D eigenvalue weighted by Crippen LogP contribution is -2.51. The average Bonchev–Trinajstić information content (AvgIpc) is 3.26. The van der Waals surface area contributed by atoms with Gasteiger partial charge in [-0.05, 0) is 18.6 Å². The molecule has 0 radical (unpaired) electrons. The number of carbonyl (C=O) groups is 1. The normalized spacial score (nSPS) is 14.1. The Bertz CT molecular complexity index is 1160. The van der Waals surface area contributed by atoms with Crippen molar-refractivity contribution in [3.63, 3.8) is 0 Å². The summed E-state index contributed by atoms with van der Waals surface area (Å²) in [7, 11) is 0. The van der Waals surface area contributed by atoms with Crippen LogP contribution in [0.5, 0.6) is 0 Å². The van der Waals surface area contributed by atoms with E-state index in [0.29, 0.717) is 5.56 Å². The molecule has 3 rings (SSSR count). The summed E-state index contributed by atoms with van der Waals surface area (Å²) >= 11 is 0. The summed E-state index contributed by atoms with van der Waals surface area (Å²) in [6, 6.07) is 2.72. The smallest absolute Gasteiger partial charge is 0.442 e. The van der Waals surface area contributed by atoms with Crippen molar-refractivity contribution in [1.82, 2.24) is 15.0 Å². The van der Waals surface area contributed by atoms with E-state index in [-0.39, 0.29) is 28.5 Å². The Morgan fingerprint density at radius 2 is 1.88 bits per heavy atom. The second-order valence-electron chi connectivity index (χ2n) is 6.75. The fourth-order valence-electron chi connectivity index (χ4n) is 2.90. The van der Waals surface area contributed by atoms with Crippen LogP contribution in [0.1, 0.15) is 11.1 Å². The van der Waals surface area contributed by atoms with Gasteiger partial charge in [0.1, 0.15) is 0 Å². The zero-order valence-electron chi connectivity index (χ0n) is 16.5. The van der Waals surface area contributed by atoms with Gasteiger partial charge in [0.25, 0.3) is 5.60 Å². The lowest BCUT2D eigenvalue weighted by atomic mass is 9.90. The van der Waals surface area contributed by atoms with Gasteiger partial charge in [-0.2, -0.15) is 26.3 Å². The molecular weight excluding hydrogens is 462 g/mol. The fourth-order valence-corrected chi connectivity index (χ4v) is 2.90. The molecule has 1 unspecified atom stereocenters. The van der Waals surface area contributed by atoms with E-state index < -0.39 is 36.1 Å². The molecule has 0 spiro atoms. The van der Waals surface area contributed by atoms with Crippen LogP contribution < -0.4 is 5.73 Å². The van der Waals surface area contributed by atoms with Gasteiger partial charge in [0.2, 0.25) is 0 Å². The van der Waals surface area contributed by atoms with Crippen LogP contribution in [0.2, 0.25) is 0 Å². The van der Waals surface area contributed by atoms with E-state index in [1.165, 1.54) is 13.1 Å². The first-order chi connectivity index (χ1) is 15.3. The molecule has 2 aromatic heterocycles. The molecule has 176 valence electrons. The molecule has 8 nitrogen and oxygen atoms in total. The molecule has 3 aromatic rings. The first-order valence-electron chi connectivity index (χ1n) is 8.91. The summed E-state index contributed by atoms with van der Waals surface area (Å²) in [5, 5.41) is 9.49. The van der Waals surface area contributed by atoms with Gasteiger partial charge in [0.05, 0.1) is 24.7 Å². The highest BCUT2D eigenvalue weighted by atomic mass is 19.4.